The van der Waals surface area contributed by atoms with Gasteiger partial charge in [-0.3, -0.25) is 0 Å². The van der Waals surface area contributed by atoms with Crippen molar-refractivity contribution in [3.8, 4) is 0 Å². The highest BCUT2D eigenvalue weighted by Crippen LogP contribution is 1.99. The monoisotopic (exact) mass is 333 g/mol. The molecule has 0 amide bonds. The molecule has 0 fully saturated rings. The van der Waals surface area contributed by atoms with Crippen molar-refractivity contribution in [1.29, 1.82) is 0 Å². The standard InChI is InChI=1S/C16H14I/c1-3-7-15(8-4-1)11-13-17-14-12-16-9-5-2-6-10-16/h1-14H/q+1/b13-11+,14-12+. The molecule has 0 aromatic heterocycles. The molecule has 0 bridgehead atoms. The van der Waals surface area contributed by atoms with Gasteiger partial charge in [0.25, 0.3) is 0 Å². The molecule has 84 valence electrons. The van der Waals surface area contributed by atoms with E-state index >= 15 is 0 Å². The summed E-state index contributed by atoms with van der Waals surface area (Å²) in [5, 5.41) is 0. The summed E-state index contributed by atoms with van der Waals surface area (Å²) in [6.45, 7) is 0. The third-order valence-electron chi connectivity index (χ3n) is 2.26. The van der Waals surface area contributed by atoms with Gasteiger partial charge in [-0.1, -0.05) is 60.7 Å². The summed E-state index contributed by atoms with van der Waals surface area (Å²) in [5.41, 5.74) is 2.56. The number of hydrogen-bond acceptors (Lipinski definition) is 0. The Balaban J connectivity index is 1.84. The minimum atomic E-state index is 0.0121. The second-order valence-electron chi connectivity index (χ2n) is 3.53. The van der Waals surface area contributed by atoms with Gasteiger partial charge in [0.2, 0.25) is 0 Å². The van der Waals surface area contributed by atoms with Crippen LogP contribution in [0.3, 0.4) is 0 Å². The largest absolute Gasteiger partial charge is 0.341 e. The van der Waals surface area contributed by atoms with Gasteiger partial charge in [-0.2, -0.15) is 0 Å². The Hall–Kier alpha value is -1.35. The molecular weight excluding hydrogens is 319 g/mol. The van der Waals surface area contributed by atoms with Gasteiger partial charge in [-0.15, -0.1) is 0 Å². The average Bonchev–Trinajstić information content (AvgIpc) is 2.41. The fourth-order valence-corrected chi connectivity index (χ4v) is 2.87. The number of halogens is 1. The molecule has 2 aromatic carbocycles. The number of rotatable bonds is 4. The molecule has 0 spiro atoms. The second kappa shape index (κ2) is 7.07. The average molecular weight is 333 g/mol. The molecule has 0 saturated heterocycles. The van der Waals surface area contributed by atoms with Crippen molar-refractivity contribution in [2.45, 2.75) is 0 Å². The van der Waals surface area contributed by atoms with Crippen molar-refractivity contribution in [2.75, 3.05) is 0 Å². The third kappa shape index (κ3) is 4.57. The maximum atomic E-state index is 2.29. The SMILES string of the molecule is C(=C\c1ccccc1)/[I+]/C=C/c1ccccc1. The summed E-state index contributed by atoms with van der Waals surface area (Å²) in [4.78, 5) is 0. The molecule has 2 rings (SSSR count). The van der Waals surface area contributed by atoms with Crippen molar-refractivity contribution in [3.05, 3.63) is 80.0 Å². The molecule has 1 heteroatoms. The molecule has 17 heavy (non-hydrogen) atoms. The molecule has 0 atom stereocenters. The Morgan fingerprint density at radius 1 is 0.588 bits per heavy atom. The Bertz CT molecular complexity index is 436. The number of benzene rings is 2. The Kier molecular flexibility index (Phi) is 5.04. The Morgan fingerprint density at radius 3 is 1.41 bits per heavy atom. The van der Waals surface area contributed by atoms with Gasteiger partial charge >= 0.3 is 21.2 Å². The first kappa shape index (κ1) is 12.1. The molecular formula is C16H14I+. The van der Waals surface area contributed by atoms with Gasteiger partial charge in [0, 0.05) is 0 Å². The summed E-state index contributed by atoms with van der Waals surface area (Å²) in [6, 6.07) is 20.9. The minimum absolute atomic E-state index is 0.0121. The maximum Gasteiger partial charge on any atom is 0.341 e. The number of hydrogen-bond donors (Lipinski definition) is 0. The smallest absolute Gasteiger partial charge is 0.0622 e. The lowest BCUT2D eigenvalue weighted by molar-refractivity contribution is -0.511. The van der Waals surface area contributed by atoms with Crippen molar-refractivity contribution >= 4 is 12.2 Å². The zero-order valence-corrected chi connectivity index (χ0v) is 11.6. The summed E-state index contributed by atoms with van der Waals surface area (Å²) >= 11 is 0.0121. The molecule has 0 aliphatic carbocycles. The van der Waals surface area contributed by atoms with Crippen LogP contribution >= 0.6 is 0 Å². The molecule has 0 nitrogen and oxygen atoms in total. The van der Waals surface area contributed by atoms with Crippen molar-refractivity contribution in [3.63, 3.8) is 0 Å². The fraction of sp³-hybridized carbons (Fsp3) is 0. The van der Waals surface area contributed by atoms with Crippen LogP contribution in [0, 0.1) is 0 Å². The van der Waals surface area contributed by atoms with E-state index in [-0.39, 0.29) is 21.2 Å². The van der Waals surface area contributed by atoms with E-state index in [2.05, 4.69) is 68.8 Å². The van der Waals surface area contributed by atoms with E-state index < -0.39 is 0 Å². The van der Waals surface area contributed by atoms with E-state index in [1.165, 1.54) is 11.1 Å². The molecule has 2 aromatic rings. The molecule has 0 radical (unpaired) electrons. The molecule has 0 aliphatic rings. The van der Waals surface area contributed by atoms with Crippen LogP contribution in [0.25, 0.3) is 12.2 Å². The first-order chi connectivity index (χ1) is 8.45. The Labute approximate surface area is 113 Å². The maximum absolute atomic E-state index is 2.29. The van der Waals surface area contributed by atoms with Gasteiger partial charge in [0.05, 0.1) is 0 Å². The van der Waals surface area contributed by atoms with Gasteiger partial charge in [-0.25, -0.2) is 0 Å². The highest BCUT2D eigenvalue weighted by molar-refractivity contribution is 5.48. The highest BCUT2D eigenvalue weighted by Gasteiger charge is 1.94. The van der Waals surface area contributed by atoms with Crippen molar-refractivity contribution in [1.82, 2.24) is 0 Å². The van der Waals surface area contributed by atoms with Crippen molar-refractivity contribution in [2.24, 2.45) is 0 Å². The van der Waals surface area contributed by atoms with Crippen LogP contribution in [0.4, 0.5) is 0 Å². The quantitative estimate of drug-likeness (QED) is 0.743. The van der Waals surface area contributed by atoms with E-state index in [0.717, 1.165) is 0 Å². The van der Waals surface area contributed by atoms with Crippen LogP contribution in [-0.4, -0.2) is 0 Å². The molecule has 0 heterocycles. The lowest BCUT2D eigenvalue weighted by Crippen LogP contribution is -3.56. The van der Waals surface area contributed by atoms with Gasteiger partial charge in [0.15, 0.2) is 8.17 Å². The molecule has 0 N–H and O–H groups in total. The van der Waals surface area contributed by atoms with E-state index in [4.69, 9.17) is 0 Å². The lowest BCUT2D eigenvalue weighted by atomic mass is 10.2. The predicted molar refractivity (Wildman–Crippen MR) is 71.0 cm³/mol. The van der Waals surface area contributed by atoms with Crippen LogP contribution in [0.2, 0.25) is 0 Å². The second-order valence-corrected chi connectivity index (χ2v) is 5.69. The van der Waals surface area contributed by atoms with Crippen molar-refractivity contribution < 1.29 is 21.2 Å². The topological polar surface area (TPSA) is 0 Å². The summed E-state index contributed by atoms with van der Waals surface area (Å²) < 4.78 is 4.57. The summed E-state index contributed by atoms with van der Waals surface area (Å²) in [7, 11) is 0. The molecule has 0 unspecified atom stereocenters. The minimum Gasteiger partial charge on any atom is -0.0622 e. The zero-order valence-electron chi connectivity index (χ0n) is 9.46. The van der Waals surface area contributed by atoms with E-state index in [1.807, 2.05) is 12.1 Å². The molecule has 0 aliphatic heterocycles. The van der Waals surface area contributed by atoms with Gasteiger partial charge in [0.1, 0.15) is 0 Å². The zero-order chi connectivity index (χ0) is 11.8. The first-order valence-electron chi connectivity index (χ1n) is 5.50. The Morgan fingerprint density at radius 2 is 1.00 bits per heavy atom. The van der Waals surface area contributed by atoms with Crippen LogP contribution in [-0.2, 0) is 0 Å². The predicted octanol–water partition coefficient (Wildman–Crippen LogP) is 1.42. The van der Waals surface area contributed by atoms with E-state index in [0.29, 0.717) is 0 Å². The highest BCUT2D eigenvalue weighted by atomic mass is 127. The van der Waals surface area contributed by atoms with Crippen LogP contribution in [0.1, 0.15) is 11.1 Å². The van der Waals surface area contributed by atoms with Gasteiger partial charge < -0.3 is 0 Å². The van der Waals surface area contributed by atoms with E-state index in [9.17, 15) is 0 Å². The fourth-order valence-electron chi connectivity index (χ4n) is 1.39. The molecule has 0 saturated carbocycles. The third-order valence-corrected chi connectivity index (χ3v) is 3.81. The van der Waals surface area contributed by atoms with Crippen LogP contribution in [0.5, 0.6) is 0 Å². The van der Waals surface area contributed by atoms with Crippen LogP contribution in [0.15, 0.2) is 68.8 Å². The van der Waals surface area contributed by atoms with Gasteiger partial charge in [-0.05, 0) is 23.3 Å². The lowest BCUT2D eigenvalue weighted by Gasteiger charge is -1.86. The first-order valence-corrected chi connectivity index (χ1v) is 7.99. The van der Waals surface area contributed by atoms with E-state index in [1.54, 1.807) is 0 Å². The normalized spacial score (nSPS) is 11.3. The van der Waals surface area contributed by atoms with Crippen LogP contribution < -0.4 is 21.2 Å². The summed E-state index contributed by atoms with van der Waals surface area (Å²) in [5.74, 6) is 0. The summed E-state index contributed by atoms with van der Waals surface area (Å²) in [6.07, 6.45) is 4.39.